The minimum atomic E-state index is -4.43. The van der Waals surface area contributed by atoms with Crippen molar-refractivity contribution in [2.45, 2.75) is 52.4 Å². The van der Waals surface area contributed by atoms with E-state index in [2.05, 4.69) is 16.0 Å². The molecule has 26 heavy (non-hydrogen) atoms. The number of nitrogens with one attached hydrogen (secondary N) is 3. The van der Waals surface area contributed by atoms with Crippen molar-refractivity contribution in [3.8, 4) is 0 Å². The molecule has 1 aliphatic heterocycles. The van der Waals surface area contributed by atoms with Crippen molar-refractivity contribution < 1.29 is 22.8 Å². The number of carbonyl (C=O) groups excluding carboxylic acids is 2. The lowest BCUT2D eigenvalue weighted by molar-refractivity contribution is -0.184. The van der Waals surface area contributed by atoms with Crippen molar-refractivity contribution in [3.63, 3.8) is 0 Å². The summed E-state index contributed by atoms with van der Waals surface area (Å²) < 4.78 is 40.2. The largest absolute Gasteiger partial charge is 0.405 e. The second-order valence-corrected chi connectivity index (χ2v) is 7.48. The summed E-state index contributed by atoms with van der Waals surface area (Å²) in [4.78, 5) is 25.7. The van der Waals surface area contributed by atoms with Crippen LogP contribution >= 0.6 is 0 Å². The number of alkyl halides is 3. The predicted octanol–water partition coefficient (Wildman–Crippen LogP) is 1.13. The molecule has 9 heteroatoms. The molecule has 0 aromatic heterocycles. The van der Waals surface area contributed by atoms with Crippen molar-refractivity contribution >= 4 is 11.8 Å². The Morgan fingerprint density at radius 3 is 2.15 bits per heavy atom. The van der Waals surface area contributed by atoms with Gasteiger partial charge in [0, 0.05) is 39.1 Å². The Morgan fingerprint density at radius 1 is 1.12 bits per heavy atom. The second-order valence-electron chi connectivity index (χ2n) is 7.48. The van der Waals surface area contributed by atoms with E-state index in [4.69, 9.17) is 0 Å². The molecule has 1 fully saturated rings. The molecule has 1 rings (SSSR count). The van der Waals surface area contributed by atoms with Gasteiger partial charge in [-0.25, -0.2) is 0 Å². The van der Waals surface area contributed by atoms with E-state index in [0.29, 0.717) is 13.1 Å². The number of hydrogen-bond donors (Lipinski definition) is 3. The van der Waals surface area contributed by atoms with Crippen LogP contribution in [0.3, 0.4) is 0 Å². The fourth-order valence-corrected chi connectivity index (χ4v) is 2.89. The third-order valence-corrected chi connectivity index (χ3v) is 4.30. The van der Waals surface area contributed by atoms with Crippen molar-refractivity contribution in [2.75, 3.05) is 32.7 Å². The van der Waals surface area contributed by atoms with Crippen LogP contribution in [0, 0.1) is 11.8 Å². The first kappa shape index (κ1) is 22.7. The fraction of sp³-hybridized carbons (Fsp3) is 0.882. The highest BCUT2D eigenvalue weighted by atomic mass is 19.4. The van der Waals surface area contributed by atoms with Gasteiger partial charge in [-0.1, -0.05) is 27.7 Å². The van der Waals surface area contributed by atoms with Crippen LogP contribution in [0.1, 0.15) is 34.1 Å². The van der Waals surface area contributed by atoms with Gasteiger partial charge in [0.25, 0.3) is 0 Å². The van der Waals surface area contributed by atoms with Gasteiger partial charge in [-0.15, -0.1) is 0 Å². The number of nitrogens with zero attached hydrogens (tertiary/aromatic N) is 1. The average molecular weight is 380 g/mol. The van der Waals surface area contributed by atoms with Crippen molar-refractivity contribution in [1.82, 2.24) is 20.9 Å². The summed E-state index contributed by atoms with van der Waals surface area (Å²) in [5.41, 5.74) is 0. The molecule has 0 bridgehead atoms. The predicted molar refractivity (Wildman–Crippen MR) is 93.5 cm³/mol. The number of rotatable bonds is 8. The zero-order valence-corrected chi connectivity index (χ0v) is 15.9. The highest BCUT2D eigenvalue weighted by Crippen LogP contribution is 2.24. The van der Waals surface area contributed by atoms with Crippen LogP contribution < -0.4 is 16.0 Å². The molecule has 0 spiro atoms. The Bertz CT molecular complexity index is 463. The first-order chi connectivity index (χ1) is 12.0. The zero-order chi connectivity index (χ0) is 19.9. The van der Waals surface area contributed by atoms with E-state index < -0.39 is 30.7 Å². The third-order valence-electron chi connectivity index (χ3n) is 4.30. The minimum Gasteiger partial charge on any atom is -0.352 e. The average Bonchev–Trinajstić information content (AvgIpc) is 2.51. The van der Waals surface area contributed by atoms with Crippen LogP contribution in [-0.2, 0) is 9.59 Å². The SMILES string of the molecule is CC(C)CC(=O)NC(C(=O)NCC(N1CCNCC1)C(F)(F)F)C(C)C. The van der Waals surface area contributed by atoms with Crippen molar-refractivity contribution in [3.05, 3.63) is 0 Å². The summed E-state index contributed by atoms with van der Waals surface area (Å²) in [6, 6.07) is -2.58. The van der Waals surface area contributed by atoms with Gasteiger partial charge in [-0.2, -0.15) is 13.2 Å². The summed E-state index contributed by atoms with van der Waals surface area (Å²) in [5, 5.41) is 8.04. The van der Waals surface area contributed by atoms with Gasteiger partial charge >= 0.3 is 6.18 Å². The molecule has 0 aromatic rings. The van der Waals surface area contributed by atoms with Gasteiger partial charge in [-0.05, 0) is 11.8 Å². The molecular formula is C17H31F3N4O2. The Morgan fingerprint density at radius 2 is 1.69 bits per heavy atom. The number of carbonyl (C=O) groups is 2. The Labute approximate surface area is 153 Å². The van der Waals surface area contributed by atoms with Crippen LogP contribution in [0.25, 0.3) is 0 Å². The lowest BCUT2D eigenvalue weighted by Gasteiger charge is -2.36. The molecule has 6 nitrogen and oxygen atoms in total. The van der Waals surface area contributed by atoms with Gasteiger partial charge in [0.05, 0.1) is 0 Å². The lowest BCUT2D eigenvalue weighted by atomic mass is 10.0. The number of amides is 2. The van der Waals surface area contributed by atoms with Crippen LogP contribution in [0.2, 0.25) is 0 Å². The Balaban J connectivity index is 2.69. The standard InChI is InChI=1S/C17H31F3N4O2/c1-11(2)9-14(25)23-15(12(3)4)16(26)22-10-13(17(18,19)20)24-7-5-21-6-8-24/h11-13,15,21H,5-10H2,1-4H3,(H,22,26)(H,23,25). The number of halogens is 3. The van der Waals surface area contributed by atoms with Crippen LogP contribution in [0.5, 0.6) is 0 Å². The second kappa shape index (κ2) is 10.1. The molecule has 0 saturated carbocycles. The topological polar surface area (TPSA) is 73.5 Å². The molecule has 1 aliphatic rings. The quantitative estimate of drug-likeness (QED) is 0.590. The van der Waals surface area contributed by atoms with Crippen molar-refractivity contribution in [1.29, 1.82) is 0 Å². The molecule has 3 N–H and O–H groups in total. The van der Waals surface area contributed by atoms with Gasteiger partial charge < -0.3 is 16.0 Å². The molecule has 1 heterocycles. The van der Waals surface area contributed by atoms with Gasteiger partial charge in [0.15, 0.2) is 0 Å². The number of piperazine rings is 1. The number of hydrogen-bond acceptors (Lipinski definition) is 4. The summed E-state index contributed by atoms with van der Waals surface area (Å²) >= 11 is 0. The zero-order valence-electron chi connectivity index (χ0n) is 15.9. The normalized spacial score (nSPS) is 18.7. The molecular weight excluding hydrogens is 349 g/mol. The molecule has 1 saturated heterocycles. The van der Waals surface area contributed by atoms with Crippen LogP contribution in [0.4, 0.5) is 13.2 Å². The monoisotopic (exact) mass is 380 g/mol. The fourth-order valence-electron chi connectivity index (χ4n) is 2.89. The summed E-state index contributed by atoms with van der Waals surface area (Å²) in [6.07, 6.45) is -4.17. The van der Waals surface area contributed by atoms with E-state index >= 15 is 0 Å². The Hall–Kier alpha value is -1.35. The first-order valence-electron chi connectivity index (χ1n) is 9.11. The molecule has 2 unspecified atom stereocenters. The van der Waals surface area contributed by atoms with Crippen LogP contribution in [-0.4, -0.2) is 67.7 Å². The molecule has 0 aliphatic carbocycles. The Kier molecular flexibility index (Phi) is 8.82. The van der Waals surface area contributed by atoms with E-state index in [1.54, 1.807) is 13.8 Å². The molecule has 0 aromatic carbocycles. The summed E-state index contributed by atoms with van der Waals surface area (Å²) in [5.74, 6) is -0.951. The van der Waals surface area contributed by atoms with E-state index in [9.17, 15) is 22.8 Å². The maximum atomic E-state index is 13.4. The first-order valence-corrected chi connectivity index (χ1v) is 9.11. The third kappa shape index (κ3) is 7.49. The van der Waals surface area contributed by atoms with Gasteiger partial charge in [-0.3, -0.25) is 14.5 Å². The van der Waals surface area contributed by atoms with Gasteiger partial charge in [0.2, 0.25) is 11.8 Å². The molecule has 2 atom stereocenters. The highest BCUT2D eigenvalue weighted by molar-refractivity contribution is 5.87. The van der Waals surface area contributed by atoms with E-state index in [-0.39, 0.29) is 37.3 Å². The smallest absolute Gasteiger partial charge is 0.352 e. The lowest BCUT2D eigenvalue weighted by Crippen LogP contribution is -2.59. The van der Waals surface area contributed by atoms with E-state index in [1.165, 1.54) is 4.90 Å². The molecule has 0 radical (unpaired) electrons. The maximum Gasteiger partial charge on any atom is 0.405 e. The highest BCUT2D eigenvalue weighted by Gasteiger charge is 2.44. The van der Waals surface area contributed by atoms with E-state index in [0.717, 1.165) is 0 Å². The summed E-state index contributed by atoms with van der Waals surface area (Å²) in [7, 11) is 0. The van der Waals surface area contributed by atoms with Crippen LogP contribution in [0.15, 0.2) is 0 Å². The summed E-state index contributed by atoms with van der Waals surface area (Å²) in [6.45, 7) is 8.26. The van der Waals surface area contributed by atoms with E-state index in [1.807, 2.05) is 13.8 Å². The maximum absolute atomic E-state index is 13.4. The molecule has 2 amide bonds. The minimum absolute atomic E-state index is 0.133. The van der Waals surface area contributed by atoms with Gasteiger partial charge in [0.1, 0.15) is 12.1 Å². The van der Waals surface area contributed by atoms with Crippen molar-refractivity contribution in [2.24, 2.45) is 11.8 Å². The molecule has 152 valence electrons.